The van der Waals surface area contributed by atoms with E-state index in [-0.39, 0.29) is 28.2 Å². The summed E-state index contributed by atoms with van der Waals surface area (Å²) in [6, 6.07) is 3.80. The lowest BCUT2D eigenvalue weighted by Crippen LogP contribution is -2.30. The van der Waals surface area contributed by atoms with E-state index in [4.69, 9.17) is 0 Å². The molecule has 20 heavy (non-hydrogen) atoms. The first kappa shape index (κ1) is 16.5. The van der Waals surface area contributed by atoms with Gasteiger partial charge in [-0.15, -0.1) is 0 Å². The Morgan fingerprint density at radius 2 is 2.05 bits per heavy atom. The highest BCUT2D eigenvalue weighted by atomic mass is 32.2. The van der Waals surface area contributed by atoms with Crippen LogP contribution in [0.25, 0.3) is 0 Å². The Bertz CT molecular complexity index is 584. The molecule has 1 aromatic rings. The molecule has 1 atom stereocenters. The van der Waals surface area contributed by atoms with Crippen molar-refractivity contribution in [3.8, 4) is 5.75 Å². The van der Waals surface area contributed by atoms with Gasteiger partial charge in [-0.1, -0.05) is 13.8 Å². The minimum absolute atomic E-state index is 0.0462. The number of carbonyl (C=O) groups excluding carboxylic acids is 1. The maximum atomic E-state index is 11.9. The van der Waals surface area contributed by atoms with Crippen LogP contribution in [0.15, 0.2) is 23.1 Å². The summed E-state index contributed by atoms with van der Waals surface area (Å²) < 4.78 is 22.9. The van der Waals surface area contributed by atoms with Crippen LogP contribution in [0.1, 0.15) is 13.8 Å². The molecule has 0 aliphatic heterocycles. The zero-order chi connectivity index (χ0) is 15.3. The molecule has 1 unspecified atom stereocenters. The van der Waals surface area contributed by atoms with Crippen molar-refractivity contribution in [2.24, 2.45) is 5.92 Å². The van der Waals surface area contributed by atoms with Crippen molar-refractivity contribution in [3.63, 3.8) is 0 Å². The molecule has 0 spiro atoms. The van der Waals surface area contributed by atoms with Crippen molar-refractivity contribution in [2.75, 3.05) is 24.7 Å². The molecule has 7 heteroatoms. The van der Waals surface area contributed by atoms with Crippen molar-refractivity contribution < 1.29 is 18.3 Å². The standard InChI is InChI=1S/C13H20N2O4S/c1-4-14-8-9(2)13(17)15-11-7-10(20(3,18)19)5-6-12(11)16/h5-7,9,14,16H,4,8H2,1-3H3,(H,15,17). The fourth-order valence-electron chi connectivity index (χ4n) is 1.56. The minimum atomic E-state index is -3.39. The number of phenolic OH excluding ortho intramolecular Hbond substituents is 1. The third-order valence-corrected chi connectivity index (χ3v) is 3.91. The molecule has 0 fully saturated rings. The normalized spacial score (nSPS) is 12.9. The molecular weight excluding hydrogens is 280 g/mol. The predicted molar refractivity (Wildman–Crippen MR) is 77.6 cm³/mol. The molecule has 6 nitrogen and oxygen atoms in total. The zero-order valence-corrected chi connectivity index (χ0v) is 12.6. The summed E-state index contributed by atoms with van der Waals surface area (Å²) in [5.74, 6) is -0.746. The number of phenols is 1. The van der Waals surface area contributed by atoms with E-state index >= 15 is 0 Å². The summed E-state index contributed by atoms with van der Waals surface area (Å²) in [5, 5.41) is 15.3. The van der Waals surface area contributed by atoms with Crippen LogP contribution in [0.4, 0.5) is 5.69 Å². The Labute approximate surface area is 119 Å². The lowest BCUT2D eigenvalue weighted by molar-refractivity contribution is -0.119. The number of carbonyl (C=O) groups is 1. The molecular formula is C13H20N2O4S. The summed E-state index contributed by atoms with van der Waals surface area (Å²) in [5.41, 5.74) is 0.0984. The number of nitrogens with one attached hydrogen (secondary N) is 2. The van der Waals surface area contributed by atoms with Crippen molar-refractivity contribution >= 4 is 21.4 Å². The van der Waals surface area contributed by atoms with Gasteiger partial charge >= 0.3 is 0 Å². The van der Waals surface area contributed by atoms with Crippen LogP contribution in [-0.4, -0.2) is 38.8 Å². The third-order valence-electron chi connectivity index (χ3n) is 2.80. The molecule has 1 amide bonds. The van der Waals surface area contributed by atoms with Crippen LogP contribution in [0.5, 0.6) is 5.75 Å². The molecule has 0 heterocycles. The lowest BCUT2D eigenvalue weighted by atomic mass is 10.1. The number of rotatable bonds is 6. The first-order valence-electron chi connectivity index (χ1n) is 6.30. The highest BCUT2D eigenvalue weighted by Crippen LogP contribution is 2.26. The van der Waals surface area contributed by atoms with Gasteiger partial charge in [-0.3, -0.25) is 4.79 Å². The molecule has 1 rings (SSSR count). The van der Waals surface area contributed by atoms with Crippen LogP contribution in [0, 0.1) is 5.92 Å². The predicted octanol–water partition coefficient (Wildman–Crippen LogP) is 0.980. The quantitative estimate of drug-likeness (QED) is 0.681. The fraction of sp³-hybridized carbons (Fsp3) is 0.462. The van der Waals surface area contributed by atoms with Gasteiger partial charge in [-0.2, -0.15) is 0 Å². The van der Waals surface area contributed by atoms with Crippen LogP contribution >= 0.6 is 0 Å². The molecule has 0 saturated carbocycles. The third kappa shape index (κ3) is 4.50. The van der Waals surface area contributed by atoms with Crippen LogP contribution in [0.2, 0.25) is 0 Å². The molecule has 1 aromatic carbocycles. The van der Waals surface area contributed by atoms with Gasteiger partial charge in [0.25, 0.3) is 0 Å². The Hall–Kier alpha value is -1.60. The van der Waals surface area contributed by atoms with Gasteiger partial charge < -0.3 is 15.7 Å². The van der Waals surface area contributed by atoms with Gasteiger partial charge in [-0.25, -0.2) is 8.42 Å². The van der Waals surface area contributed by atoms with Crippen molar-refractivity contribution in [2.45, 2.75) is 18.7 Å². The number of hydrogen-bond donors (Lipinski definition) is 3. The zero-order valence-electron chi connectivity index (χ0n) is 11.8. The van der Waals surface area contributed by atoms with E-state index in [9.17, 15) is 18.3 Å². The average molecular weight is 300 g/mol. The number of sulfone groups is 1. The van der Waals surface area contributed by atoms with Crippen molar-refractivity contribution in [1.82, 2.24) is 5.32 Å². The number of amides is 1. The topological polar surface area (TPSA) is 95.5 Å². The van der Waals surface area contributed by atoms with E-state index in [1.807, 2.05) is 6.92 Å². The summed E-state index contributed by atoms with van der Waals surface area (Å²) in [6.07, 6.45) is 1.07. The van der Waals surface area contributed by atoms with Crippen LogP contribution in [0.3, 0.4) is 0 Å². The summed E-state index contributed by atoms with van der Waals surface area (Å²) in [6.45, 7) is 4.95. The van der Waals surface area contributed by atoms with Crippen LogP contribution in [-0.2, 0) is 14.6 Å². The Kier molecular flexibility index (Phi) is 5.52. The van der Waals surface area contributed by atoms with Crippen molar-refractivity contribution in [1.29, 1.82) is 0 Å². The Morgan fingerprint density at radius 3 is 2.60 bits per heavy atom. The van der Waals surface area contributed by atoms with Gasteiger partial charge in [-0.05, 0) is 24.7 Å². The second-order valence-electron chi connectivity index (χ2n) is 4.65. The van der Waals surface area contributed by atoms with E-state index < -0.39 is 9.84 Å². The monoisotopic (exact) mass is 300 g/mol. The first-order valence-corrected chi connectivity index (χ1v) is 8.19. The largest absolute Gasteiger partial charge is 0.506 e. The van der Waals surface area contributed by atoms with E-state index in [0.29, 0.717) is 6.54 Å². The highest BCUT2D eigenvalue weighted by Gasteiger charge is 2.16. The van der Waals surface area contributed by atoms with Gasteiger partial charge in [0.2, 0.25) is 5.91 Å². The molecule has 0 aromatic heterocycles. The summed E-state index contributed by atoms with van der Waals surface area (Å²) >= 11 is 0. The number of hydrogen-bond acceptors (Lipinski definition) is 5. The smallest absolute Gasteiger partial charge is 0.228 e. The van der Waals surface area contributed by atoms with Gasteiger partial charge in [0, 0.05) is 18.7 Å². The second kappa shape index (κ2) is 6.71. The molecule has 0 radical (unpaired) electrons. The summed E-state index contributed by atoms with van der Waals surface area (Å²) in [7, 11) is -3.39. The maximum absolute atomic E-state index is 11.9. The molecule has 0 aliphatic carbocycles. The molecule has 3 N–H and O–H groups in total. The average Bonchev–Trinajstić information content (AvgIpc) is 2.37. The molecule has 0 bridgehead atoms. The van der Waals surface area contributed by atoms with E-state index in [1.54, 1.807) is 6.92 Å². The fourth-order valence-corrected chi connectivity index (χ4v) is 2.20. The SMILES string of the molecule is CCNCC(C)C(=O)Nc1cc(S(C)(=O)=O)ccc1O. The van der Waals surface area contributed by atoms with Gasteiger partial charge in [0.05, 0.1) is 10.6 Å². The van der Waals surface area contributed by atoms with Crippen LogP contribution < -0.4 is 10.6 Å². The summed E-state index contributed by atoms with van der Waals surface area (Å²) in [4.78, 5) is 12.0. The first-order chi connectivity index (χ1) is 9.25. The van der Waals surface area contributed by atoms with E-state index in [0.717, 1.165) is 12.8 Å². The second-order valence-corrected chi connectivity index (χ2v) is 6.66. The van der Waals surface area contributed by atoms with Gasteiger partial charge in [0.15, 0.2) is 9.84 Å². The lowest BCUT2D eigenvalue weighted by Gasteiger charge is -2.14. The van der Waals surface area contributed by atoms with E-state index in [1.165, 1.54) is 18.2 Å². The molecule has 0 saturated heterocycles. The Morgan fingerprint density at radius 1 is 1.40 bits per heavy atom. The number of aromatic hydroxyl groups is 1. The molecule has 112 valence electrons. The van der Waals surface area contributed by atoms with E-state index in [2.05, 4.69) is 10.6 Å². The number of anilines is 1. The van der Waals surface area contributed by atoms with Crippen molar-refractivity contribution in [3.05, 3.63) is 18.2 Å². The minimum Gasteiger partial charge on any atom is -0.506 e. The van der Waals surface area contributed by atoms with Gasteiger partial charge in [0.1, 0.15) is 5.75 Å². The maximum Gasteiger partial charge on any atom is 0.228 e. The number of benzene rings is 1. The highest BCUT2D eigenvalue weighted by molar-refractivity contribution is 7.90. The molecule has 0 aliphatic rings. The Balaban J connectivity index is 2.89.